The Hall–Kier alpha value is -1.56. The minimum absolute atomic E-state index is 0.0765. The lowest BCUT2D eigenvalue weighted by Crippen LogP contribution is -2.78. The third-order valence-corrected chi connectivity index (χ3v) is 9.27. The second-order valence-corrected chi connectivity index (χ2v) is 11.2. The highest BCUT2D eigenvalue weighted by Crippen LogP contribution is 2.73. The van der Waals surface area contributed by atoms with Gasteiger partial charge >= 0.3 is 0 Å². The van der Waals surface area contributed by atoms with Crippen molar-refractivity contribution in [2.45, 2.75) is 75.7 Å². The van der Waals surface area contributed by atoms with E-state index in [2.05, 4.69) is 32.2 Å². The number of aliphatic hydroxyl groups is 1. The summed E-state index contributed by atoms with van der Waals surface area (Å²) in [6.07, 6.45) is 2.66. The van der Waals surface area contributed by atoms with Crippen molar-refractivity contribution < 1.29 is 19.3 Å². The Morgan fingerprint density at radius 1 is 1.20 bits per heavy atom. The minimum atomic E-state index is -0.915. The molecule has 4 bridgehead atoms. The molecule has 0 amide bonds. The number of nitrogens with one attached hydrogen (secondary N) is 1. The molecule has 7 rings (SSSR count). The summed E-state index contributed by atoms with van der Waals surface area (Å²) in [5, 5.41) is 15.7. The van der Waals surface area contributed by atoms with Gasteiger partial charge in [0.1, 0.15) is 11.7 Å². The van der Waals surface area contributed by atoms with Gasteiger partial charge in [0.15, 0.2) is 11.5 Å². The molecule has 1 saturated carbocycles. The van der Waals surface area contributed by atoms with E-state index in [1.165, 1.54) is 22.3 Å². The van der Waals surface area contributed by atoms with E-state index in [4.69, 9.17) is 14.2 Å². The number of rotatable bonds is 3. The van der Waals surface area contributed by atoms with E-state index >= 15 is 0 Å². The average Bonchev–Trinajstić information content (AvgIpc) is 3.00. The number of methoxy groups -OCH3 is 2. The summed E-state index contributed by atoms with van der Waals surface area (Å²) in [5.74, 6) is 1.63. The van der Waals surface area contributed by atoms with E-state index in [0.717, 1.165) is 37.3 Å². The van der Waals surface area contributed by atoms with Gasteiger partial charge in [-0.15, -0.1) is 0 Å². The Bertz CT molecular complexity index is 990. The van der Waals surface area contributed by atoms with Crippen molar-refractivity contribution in [3.8, 4) is 11.5 Å². The predicted octanol–water partition coefficient (Wildman–Crippen LogP) is 3.12. The van der Waals surface area contributed by atoms with Gasteiger partial charge in [-0.1, -0.05) is 32.4 Å². The molecule has 0 radical (unpaired) electrons. The highest BCUT2D eigenvalue weighted by molar-refractivity contribution is 5.70. The lowest BCUT2D eigenvalue weighted by Gasteiger charge is -2.69. The summed E-state index contributed by atoms with van der Waals surface area (Å²) in [5.41, 5.74) is 3.67. The number of ether oxygens (including phenoxy) is 3. The van der Waals surface area contributed by atoms with E-state index < -0.39 is 11.2 Å². The van der Waals surface area contributed by atoms with Crippen LogP contribution in [-0.2, 0) is 16.6 Å². The first kappa shape index (κ1) is 19.1. The van der Waals surface area contributed by atoms with Crippen molar-refractivity contribution in [3.05, 3.63) is 34.4 Å². The molecule has 6 atom stereocenters. The number of benzene rings is 1. The van der Waals surface area contributed by atoms with Crippen molar-refractivity contribution >= 4 is 0 Å². The van der Waals surface area contributed by atoms with E-state index in [9.17, 15) is 5.11 Å². The third kappa shape index (κ3) is 1.80. The first-order chi connectivity index (χ1) is 14.1. The summed E-state index contributed by atoms with van der Waals surface area (Å²) in [7, 11) is 3.52. The van der Waals surface area contributed by atoms with Gasteiger partial charge in [0.2, 0.25) is 0 Å². The van der Waals surface area contributed by atoms with Gasteiger partial charge in [-0.05, 0) is 48.9 Å². The van der Waals surface area contributed by atoms with Crippen LogP contribution in [0.2, 0.25) is 0 Å². The average molecular weight is 412 g/mol. The molecule has 30 heavy (non-hydrogen) atoms. The van der Waals surface area contributed by atoms with Crippen molar-refractivity contribution in [3.63, 3.8) is 0 Å². The molecule has 2 heterocycles. The van der Waals surface area contributed by atoms with Crippen LogP contribution >= 0.6 is 0 Å². The first-order valence-electron chi connectivity index (χ1n) is 11.2. The standard InChI is InChI=1S/C25H33NO4/c1-22(2,3)23(4,27)20-14-12-25(20,29-6)21-24-9-10-26-15(18(14)24)11-13-7-8-16(28-5)19(30-21)17(13)24/h7-8,15,20-21,26-27H,9-12H2,1-6H3/t15?,20-,21?,23+,24?,25-/m1/s1. The van der Waals surface area contributed by atoms with Gasteiger partial charge in [-0.3, -0.25) is 0 Å². The maximum Gasteiger partial charge on any atom is 0.166 e. The van der Waals surface area contributed by atoms with Gasteiger partial charge < -0.3 is 24.6 Å². The Balaban J connectivity index is 1.66. The van der Waals surface area contributed by atoms with E-state index in [1.807, 2.05) is 13.0 Å². The van der Waals surface area contributed by atoms with Crippen LogP contribution in [0.4, 0.5) is 0 Å². The molecule has 3 unspecified atom stereocenters. The van der Waals surface area contributed by atoms with Crippen LogP contribution in [0.5, 0.6) is 11.5 Å². The minimum Gasteiger partial charge on any atom is -0.493 e. The Kier molecular flexibility index (Phi) is 3.47. The molecule has 1 spiro atoms. The van der Waals surface area contributed by atoms with Crippen LogP contribution in [0.3, 0.4) is 0 Å². The monoisotopic (exact) mass is 411 g/mol. The van der Waals surface area contributed by atoms with Crippen LogP contribution in [-0.4, -0.2) is 49.2 Å². The summed E-state index contributed by atoms with van der Waals surface area (Å²) < 4.78 is 19.0. The maximum absolute atomic E-state index is 11.9. The van der Waals surface area contributed by atoms with Gasteiger partial charge in [-0.2, -0.15) is 0 Å². The quantitative estimate of drug-likeness (QED) is 0.749. The second kappa shape index (κ2) is 5.43. The van der Waals surface area contributed by atoms with Crippen LogP contribution in [0.25, 0.3) is 0 Å². The molecular weight excluding hydrogens is 378 g/mol. The fourth-order valence-corrected chi connectivity index (χ4v) is 7.54. The molecular formula is C25H33NO4. The van der Waals surface area contributed by atoms with Crippen LogP contribution < -0.4 is 14.8 Å². The highest BCUT2D eigenvalue weighted by Gasteiger charge is 2.78. The second-order valence-electron chi connectivity index (χ2n) is 11.2. The van der Waals surface area contributed by atoms with Crippen molar-refractivity contribution in [2.24, 2.45) is 11.3 Å². The fraction of sp³-hybridized carbons (Fsp3) is 0.680. The van der Waals surface area contributed by atoms with E-state index in [0.29, 0.717) is 6.04 Å². The predicted molar refractivity (Wildman–Crippen MR) is 114 cm³/mol. The molecule has 2 aliphatic heterocycles. The molecule has 0 aromatic heterocycles. The Labute approximate surface area is 178 Å². The highest BCUT2D eigenvalue weighted by atomic mass is 16.6. The molecule has 162 valence electrons. The van der Waals surface area contributed by atoms with Crippen LogP contribution in [0, 0.1) is 11.3 Å². The molecule has 1 aromatic carbocycles. The Morgan fingerprint density at radius 3 is 2.63 bits per heavy atom. The molecule has 2 fully saturated rings. The van der Waals surface area contributed by atoms with Gasteiger partial charge in [-0.25, -0.2) is 0 Å². The van der Waals surface area contributed by atoms with Crippen molar-refractivity contribution in [1.82, 2.24) is 5.32 Å². The SMILES string of the molecule is COc1ccc2c3c1OC1C34CCNC(C2)C4=C2C[C@@]1(OC)[C@H]2[C@](C)(O)C(C)(C)C. The number of hydrogen-bond donors (Lipinski definition) is 2. The lowest BCUT2D eigenvalue weighted by atomic mass is 9.39. The zero-order valence-corrected chi connectivity index (χ0v) is 18.9. The molecule has 5 nitrogen and oxygen atoms in total. The van der Waals surface area contributed by atoms with Crippen molar-refractivity contribution in [1.29, 1.82) is 0 Å². The van der Waals surface area contributed by atoms with Crippen LogP contribution in [0.1, 0.15) is 51.7 Å². The summed E-state index contributed by atoms with van der Waals surface area (Å²) in [6.45, 7) is 9.32. The number of hydrogen-bond acceptors (Lipinski definition) is 5. The lowest BCUT2D eigenvalue weighted by molar-refractivity contribution is -0.242. The smallest absolute Gasteiger partial charge is 0.166 e. The molecule has 6 aliphatic rings. The van der Waals surface area contributed by atoms with Gasteiger partial charge in [0.25, 0.3) is 0 Å². The zero-order chi connectivity index (χ0) is 21.3. The summed E-state index contributed by atoms with van der Waals surface area (Å²) in [4.78, 5) is 0. The van der Waals surface area contributed by atoms with E-state index in [-0.39, 0.29) is 22.9 Å². The van der Waals surface area contributed by atoms with E-state index in [1.54, 1.807) is 14.2 Å². The topological polar surface area (TPSA) is 60.0 Å². The van der Waals surface area contributed by atoms with Gasteiger partial charge in [0.05, 0.1) is 18.1 Å². The molecule has 5 heteroatoms. The Morgan fingerprint density at radius 2 is 1.97 bits per heavy atom. The summed E-state index contributed by atoms with van der Waals surface area (Å²) in [6, 6.07) is 4.57. The summed E-state index contributed by atoms with van der Waals surface area (Å²) >= 11 is 0. The van der Waals surface area contributed by atoms with Gasteiger partial charge in [0, 0.05) is 31.1 Å². The first-order valence-corrected chi connectivity index (χ1v) is 11.2. The molecule has 2 N–H and O–H groups in total. The molecule has 4 aliphatic carbocycles. The normalized spacial score (nSPS) is 39.6. The molecule has 1 aromatic rings. The largest absolute Gasteiger partial charge is 0.493 e. The van der Waals surface area contributed by atoms with Crippen molar-refractivity contribution in [2.75, 3.05) is 20.8 Å². The molecule has 1 saturated heterocycles. The van der Waals surface area contributed by atoms with Crippen LogP contribution in [0.15, 0.2) is 23.3 Å². The fourth-order valence-electron chi connectivity index (χ4n) is 7.54. The maximum atomic E-state index is 11.9. The zero-order valence-electron chi connectivity index (χ0n) is 18.9. The third-order valence-electron chi connectivity index (χ3n) is 9.27. The number of piperidine rings is 1.